The van der Waals surface area contributed by atoms with Gasteiger partial charge in [0, 0.05) is 31.9 Å². The first kappa shape index (κ1) is 20.7. The lowest BCUT2D eigenvalue weighted by atomic mass is 10.1. The van der Waals surface area contributed by atoms with E-state index in [1.165, 1.54) is 23.9 Å². The van der Waals surface area contributed by atoms with Gasteiger partial charge in [0.05, 0.1) is 7.11 Å². The Balaban J connectivity index is 1.93. The predicted molar refractivity (Wildman–Crippen MR) is 101 cm³/mol. The average Bonchev–Trinajstić information content (AvgIpc) is 3.03. The molecule has 1 aromatic carbocycles. The fourth-order valence-corrected chi connectivity index (χ4v) is 3.56. The Bertz CT molecular complexity index is 934. The van der Waals surface area contributed by atoms with Gasteiger partial charge in [0.15, 0.2) is 0 Å². The first-order valence-electron chi connectivity index (χ1n) is 8.40. The van der Waals surface area contributed by atoms with Crippen LogP contribution >= 0.6 is 0 Å². The third-order valence-electron chi connectivity index (χ3n) is 3.95. The Labute approximate surface area is 158 Å². The summed E-state index contributed by atoms with van der Waals surface area (Å²) in [6.45, 7) is 1.95. The summed E-state index contributed by atoms with van der Waals surface area (Å²) in [5.74, 6) is -0.929. The van der Waals surface area contributed by atoms with Crippen molar-refractivity contribution >= 4 is 27.6 Å². The quantitative estimate of drug-likeness (QED) is 0.664. The number of methoxy groups -OCH3 is 1. The van der Waals surface area contributed by atoms with Gasteiger partial charge in [0.1, 0.15) is 10.6 Å². The summed E-state index contributed by atoms with van der Waals surface area (Å²) in [4.78, 5) is 23.5. The lowest BCUT2D eigenvalue weighted by Crippen LogP contribution is -2.27. The molecular formula is C18H23N3O5S. The molecule has 1 heterocycles. The summed E-state index contributed by atoms with van der Waals surface area (Å²) in [6.07, 6.45) is 2.14. The first-order chi connectivity index (χ1) is 12.8. The maximum absolute atomic E-state index is 12.3. The van der Waals surface area contributed by atoms with Crippen molar-refractivity contribution < 1.29 is 22.7 Å². The topological polar surface area (TPSA) is 106 Å². The lowest BCUT2D eigenvalue weighted by Gasteiger charge is -2.08. The molecule has 2 rings (SSSR count). The van der Waals surface area contributed by atoms with Crippen molar-refractivity contribution in [3.05, 3.63) is 47.8 Å². The number of aryl methyl sites for hydroxylation is 2. The molecule has 2 N–H and O–H groups in total. The molecule has 9 heteroatoms. The van der Waals surface area contributed by atoms with Crippen LogP contribution in [0.2, 0.25) is 0 Å². The highest BCUT2D eigenvalue weighted by Gasteiger charge is 2.20. The molecule has 1 aromatic heterocycles. The monoisotopic (exact) mass is 393 g/mol. The van der Waals surface area contributed by atoms with E-state index in [9.17, 15) is 18.0 Å². The number of benzene rings is 1. The van der Waals surface area contributed by atoms with E-state index in [-0.39, 0.29) is 29.5 Å². The molecule has 0 unspecified atom stereocenters. The minimum absolute atomic E-state index is 0.0216. The van der Waals surface area contributed by atoms with Gasteiger partial charge in [0.2, 0.25) is 15.9 Å². The van der Waals surface area contributed by atoms with Gasteiger partial charge in [-0.05, 0) is 30.2 Å². The number of carbonyl (C=O) groups is 2. The van der Waals surface area contributed by atoms with Crippen LogP contribution in [-0.2, 0) is 33.0 Å². The molecule has 8 nitrogen and oxygen atoms in total. The molecule has 0 aliphatic heterocycles. The van der Waals surface area contributed by atoms with Crippen molar-refractivity contribution in [2.24, 2.45) is 7.05 Å². The molecule has 0 radical (unpaired) electrons. The number of hydrogen-bond donors (Lipinski definition) is 2. The molecule has 0 aliphatic rings. The van der Waals surface area contributed by atoms with E-state index in [1.54, 1.807) is 13.1 Å². The van der Waals surface area contributed by atoms with E-state index in [2.05, 4.69) is 14.8 Å². The smallest absolute Gasteiger partial charge is 0.354 e. The maximum atomic E-state index is 12.3. The minimum atomic E-state index is -3.84. The van der Waals surface area contributed by atoms with Crippen LogP contribution in [0.4, 0.5) is 5.69 Å². The van der Waals surface area contributed by atoms with Gasteiger partial charge < -0.3 is 14.6 Å². The Morgan fingerprint density at radius 2 is 1.96 bits per heavy atom. The second kappa shape index (κ2) is 8.83. The fourth-order valence-electron chi connectivity index (χ4n) is 2.46. The van der Waals surface area contributed by atoms with E-state index < -0.39 is 16.0 Å². The first-order valence-corrected chi connectivity index (χ1v) is 9.88. The number of aromatic nitrogens is 1. The normalized spacial score (nSPS) is 11.2. The number of ether oxygens (including phenoxy) is 1. The molecular weight excluding hydrogens is 370 g/mol. The third-order valence-corrected chi connectivity index (χ3v) is 5.38. The van der Waals surface area contributed by atoms with Crippen LogP contribution in [0, 0.1) is 0 Å². The largest absolute Gasteiger partial charge is 0.464 e. The van der Waals surface area contributed by atoms with Crippen molar-refractivity contribution in [2.45, 2.75) is 24.7 Å². The molecule has 0 spiro atoms. The van der Waals surface area contributed by atoms with E-state index in [0.29, 0.717) is 5.69 Å². The van der Waals surface area contributed by atoms with E-state index >= 15 is 0 Å². The number of hydrogen-bond acceptors (Lipinski definition) is 5. The van der Waals surface area contributed by atoms with Crippen LogP contribution in [0.1, 0.15) is 29.4 Å². The summed E-state index contributed by atoms with van der Waals surface area (Å²) in [6, 6.07) is 8.70. The van der Waals surface area contributed by atoms with E-state index in [4.69, 9.17) is 0 Å². The van der Waals surface area contributed by atoms with Crippen LogP contribution in [0.3, 0.4) is 0 Å². The second-order valence-corrected chi connectivity index (χ2v) is 7.68. The molecule has 0 atom stereocenters. The highest BCUT2D eigenvalue weighted by molar-refractivity contribution is 7.89. The van der Waals surface area contributed by atoms with Crippen LogP contribution in [0.5, 0.6) is 0 Å². The van der Waals surface area contributed by atoms with Crippen molar-refractivity contribution in [1.29, 1.82) is 0 Å². The minimum Gasteiger partial charge on any atom is -0.464 e. The zero-order chi connectivity index (χ0) is 20.0. The second-order valence-electron chi connectivity index (χ2n) is 5.91. The van der Waals surface area contributed by atoms with Gasteiger partial charge in [-0.2, -0.15) is 0 Å². The van der Waals surface area contributed by atoms with Crippen molar-refractivity contribution in [3.63, 3.8) is 0 Å². The van der Waals surface area contributed by atoms with Crippen LogP contribution in [-0.4, -0.2) is 38.5 Å². The van der Waals surface area contributed by atoms with Gasteiger partial charge in [-0.25, -0.2) is 17.9 Å². The molecule has 0 aliphatic carbocycles. The van der Waals surface area contributed by atoms with E-state index in [0.717, 1.165) is 12.0 Å². The Morgan fingerprint density at radius 3 is 2.63 bits per heavy atom. The van der Waals surface area contributed by atoms with Gasteiger partial charge in [-0.3, -0.25) is 4.79 Å². The van der Waals surface area contributed by atoms with E-state index in [1.807, 2.05) is 25.1 Å². The molecule has 146 valence electrons. The van der Waals surface area contributed by atoms with Crippen molar-refractivity contribution in [1.82, 2.24) is 9.29 Å². The highest BCUT2D eigenvalue weighted by atomic mass is 32.2. The lowest BCUT2D eigenvalue weighted by molar-refractivity contribution is -0.116. The number of carbonyl (C=O) groups excluding carboxylic acids is 2. The number of nitrogens with one attached hydrogen (secondary N) is 2. The third kappa shape index (κ3) is 5.41. The zero-order valence-corrected chi connectivity index (χ0v) is 16.3. The number of nitrogens with zero attached hydrogens (tertiary/aromatic N) is 1. The summed E-state index contributed by atoms with van der Waals surface area (Å²) >= 11 is 0. The Morgan fingerprint density at radius 1 is 1.22 bits per heavy atom. The summed E-state index contributed by atoms with van der Waals surface area (Å²) in [7, 11) is -1.08. The van der Waals surface area contributed by atoms with Crippen molar-refractivity contribution in [3.8, 4) is 0 Å². The number of rotatable bonds is 8. The molecule has 0 saturated carbocycles. The predicted octanol–water partition coefficient (Wildman–Crippen LogP) is 1.68. The fraction of sp³-hybridized carbons (Fsp3) is 0.333. The van der Waals surface area contributed by atoms with Crippen LogP contribution < -0.4 is 10.0 Å². The molecule has 0 fully saturated rings. The van der Waals surface area contributed by atoms with Gasteiger partial charge in [0.25, 0.3) is 0 Å². The number of sulfonamides is 1. The van der Waals surface area contributed by atoms with Gasteiger partial charge in [-0.15, -0.1) is 0 Å². The maximum Gasteiger partial charge on any atom is 0.354 e. The van der Waals surface area contributed by atoms with Crippen LogP contribution in [0.15, 0.2) is 41.4 Å². The molecule has 0 bridgehead atoms. The molecule has 27 heavy (non-hydrogen) atoms. The van der Waals surface area contributed by atoms with Crippen LogP contribution in [0.25, 0.3) is 0 Å². The number of anilines is 1. The standard InChI is InChI=1S/C18H23N3O5S/c1-4-13-6-5-7-14(10-13)20-17(22)8-9-19-27(24,25)15-11-16(18(23)26-3)21(2)12-15/h5-7,10-12,19H,4,8-9H2,1-3H3,(H,20,22). The highest BCUT2D eigenvalue weighted by Crippen LogP contribution is 2.14. The number of amides is 1. The Kier molecular flexibility index (Phi) is 6.75. The van der Waals surface area contributed by atoms with Crippen molar-refractivity contribution in [2.75, 3.05) is 19.0 Å². The van der Waals surface area contributed by atoms with Gasteiger partial charge in [-0.1, -0.05) is 19.1 Å². The summed E-state index contributed by atoms with van der Waals surface area (Å²) in [5, 5.41) is 2.74. The average molecular weight is 393 g/mol. The SMILES string of the molecule is CCc1cccc(NC(=O)CCNS(=O)(=O)c2cc(C(=O)OC)n(C)c2)c1. The Hall–Kier alpha value is -2.65. The summed E-state index contributed by atoms with van der Waals surface area (Å²) in [5.41, 5.74) is 1.89. The molecule has 1 amide bonds. The molecule has 0 saturated heterocycles. The van der Waals surface area contributed by atoms with Gasteiger partial charge >= 0.3 is 5.97 Å². The molecule has 2 aromatic rings. The summed E-state index contributed by atoms with van der Waals surface area (Å²) < 4.78 is 33.0. The zero-order valence-electron chi connectivity index (χ0n) is 15.5. The number of esters is 1.